The molecular formula is C58H79F3N6O8. The zero-order valence-electron chi connectivity index (χ0n) is 44.9. The number of hydrogen-bond acceptors (Lipinski definition) is 10. The molecule has 5 atom stereocenters. The second-order valence-corrected chi connectivity index (χ2v) is 20.8. The van der Waals surface area contributed by atoms with Gasteiger partial charge >= 0.3 is 24.1 Å². The van der Waals surface area contributed by atoms with E-state index < -0.39 is 71.3 Å². The molecule has 0 saturated carbocycles. The van der Waals surface area contributed by atoms with Crippen LogP contribution in [0.1, 0.15) is 127 Å². The van der Waals surface area contributed by atoms with E-state index in [1.807, 2.05) is 94.5 Å². The first-order valence-electron chi connectivity index (χ1n) is 26.0. The van der Waals surface area contributed by atoms with Gasteiger partial charge in [0.1, 0.15) is 36.6 Å². The van der Waals surface area contributed by atoms with Gasteiger partial charge in [-0.3, -0.25) is 19.7 Å². The number of hydrogen-bond donors (Lipinski definition) is 6. The fourth-order valence-electron chi connectivity index (χ4n) is 8.16. The maximum absolute atomic E-state index is 14.8. The lowest BCUT2D eigenvalue weighted by molar-refractivity contribution is -0.173. The number of alkyl halides is 3. The molecule has 4 rings (SSSR count). The molecule has 0 aliphatic heterocycles. The SMILES string of the molecule is CCCCC(C)(CNC(CNC(=O)C(F)(F)F)c1ccccc1)NC(Cc1ccccc1)C(=O)NC(CC(C)C)C(=O)NC(CCCCNC(=O)OC(C)(C)C)C(=O)OCc1ccc(OCc2ccc(C)cc2)cc1. The highest BCUT2D eigenvalue weighted by atomic mass is 19.4. The van der Waals surface area contributed by atoms with Crippen LogP contribution in [0, 0.1) is 12.8 Å². The van der Waals surface area contributed by atoms with E-state index in [0.717, 1.165) is 29.5 Å². The first kappa shape index (κ1) is 61.1. The van der Waals surface area contributed by atoms with Crippen molar-refractivity contribution in [1.82, 2.24) is 31.9 Å². The Morgan fingerprint density at radius 1 is 0.667 bits per heavy atom. The molecule has 0 radical (unpaired) electrons. The topological polar surface area (TPSA) is 185 Å². The van der Waals surface area contributed by atoms with E-state index in [2.05, 4.69) is 26.6 Å². The first-order chi connectivity index (χ1) is 35.5. The van der Waals surface area contributed by atoms with Gasteiger partial charge in [-0.1, -0.05) is 136 Å². The average Bonchev–Trinajstić information content (AvgIpc) is 3.36. The summed E-state index contributed by atoms with van der Waals surface area (Å²) in [5.74, 6) is -3.20. The highest BCUT2D eigenvalue weighted by Gasteiger charge is 2.39. The van der Waals surface area contributed by atoms with Crippen LogP contribution in [0.15, 0.2) is 109 Å². The van der Waals surface area contributed by atoms with E-state index >= 15 is 0 Å². The number of unbranched alkanes of at least 4 members (excludes halogenated alkanes) is 2. The monoisotopic (exact) mass is 1040 g/mol. The van der Waals surface area contributed by atoms with E-state index in [0.29, 0.717) is 42.7 Å². The Balaban J connectivity index is 1.54. The summed E-state index contributed by atoms with van der Waals surface area (Å²) in [5.41, 5.74) is 2.87. The Morgan fingerprint density at radius 3 is 1.88 bits per heavy atom. The van der Waals surface area contributed by atoms with E-state index in [1.165, 1.54) is 0 Å². The Kier molecular flexibility index (Phi) is 24.6. The van der Waals surface area contributed by atoms with Crippen LogP contribution in [-0.4, -0.2) is 84.9 Å². The second-order valence-electron chi connectivity index (χ2n) is 20.8. The zero-order valence-corrected chi connectivity index (χ0v) is 44.9. The van der Waals surface area contributed by atoms with Crippen LogP contribution >= 0.6 is 0 Å². The molecule has 0 spiro atoms. The predicted molar refractivity (Wildman–Crippen MR) is 284 cm³/mol. The van der Waals surface area contributed by atoms with Crippen LogP contribution in [0.2, 0.25) is 0 Å². The molecule has 0 saturated heterocycles. The van der Waals surface area contributed by atoms with Gasteiger partial charge in [0.25, 0.3) is 0 Å². The number of alkyl carbamates (subject to hydrolysis) is 1. The smallest absolute Gasteiger partial charge is 0.471 e. The normalized spacial score (nSPS) is 14.1. The first-order valence-corrected chi connectivity index (χ1v) is 26.0. The molecule has 4 amide bonds. The Bertz CT molecular complexity index is 2370. The van der Waals surface area contributed by atoms with E-state index in [4.69, 9.17) is 14.2 Å². The third kappa shape index (κ3) is 23.3. The Morgan fingerprint density at radius 2 is 1.27 bits per heavy atom. The lowest BCUT2D eigenvalue weighted by Crippen LogP contribution is -2.61. The average molecular weight is 1050 g/mol. The molecule has 4 aromatic carbocycles. The van der Waals surface area contributed by atoms with Gasteiger partial charge < -0.3 is 40.8 Å². The number of halogens is 3. The summed E-state index contributed by atoms with van der Waals surface area (Å²) in [6.07, 6.45) is -2.02. The van der Waals surface area contributed by atoms with Gasteiger partial charge in [0.05, 0.1) is 6.04 Å². The standard InChI is InChI=1S/C58H79F3N6O8/c1-9-10-32-57(8,39-64-50(45-21-15-12-16-22-45)36-63-54(71)58(59,60)61)67-49(35-42-19-13-11-14-20-42)52(69)66-48(34-40(2)3)51(68)65-47(23-17-18-33-62-55(72)75-56(5,6)7)53(70)74-38-44-28-30-46(31-29-44)73-37-43-26-24-41(4)25-27-43/h11-16,19-22,24-31,40,47-50,64,67H,9-10,17-18,23,32-39H2,1-8H3,(H,62,72)(H,63,71)(H,65,68)(H,66,69). The van der Waals surface area contributed by atoms with Gasteiger partial charge in [0.2, 0.25) is 11.8 Å². The van der Waals surface area contributed by atoms with Gasteiger partial charge in [-0.2, -0.15) is 13.2 Å². The number of nitrogens with one attached hydrogen (secondary N) is 6. The number of rotatable bonds is 30. The molecule has 0 fully saturated rings. The minimum atomic E-state index is -5.06. The van der Waals surface area contributed by atoms with Crippen molar-refractivity contribution in [3.8, 4) is 5.75 Å². The van der Waals surface area contributed by atoms with Crippen LogP contribution in [0.5, 0.6) is 5.75 Å². The minimum absolute atomic E-state index is 0.0680. The van der Waals surface area contributed by atoms with Crippen LogP contribution in [0.3, 0.4) is 0 Å². The molecular weight excluding hydrogens is 966 g/mol. The number of carbonyl (C=O) groups excluding carboxylic acids is 5. The number of esters is 1. The van der Waals surface area contributed by atoms with Crippen LogP contribution in [0.25, 0.3) is 0 Å². The Labute approximate surface area is 441 Å². The summed E-state index contributed by atoms with van der Waals surface area (Å²) < 4.78 is 56.9. The largest absolute Gasteiger partial charge is 0.489 e. The van der Waals surface area contributed by atoms with Crippen molar-refractivity contribution in [3.63, 3.8) is 0 Å². The van der Waals surface area contributed by atoms with Gasteiger partial charge in [-0.15, -0.1) is 0 Å². The molecule has 5 unspecified atom stereocenters. The Hall–Kier alpha value is -6.46. The highest BCUT2D eigenvalue weighted by Crippen LogP contribution is 2.22. The van der Waals surface area contributed by atoms with Crippen molar-refractivity contribution >= 4 is 29.8 Å². The lowest BCUT2D eigenvalue weighted by Gasteiger charge is -2.37. The molecule has 14 nitrogen and oxygen atoms in total. The minimum Gasteiger partial charge on any atom is -0.489 e. The number of amides is 4. The summed E-state index contributed by atoms with van der Waals surface area (Å²) in [4.78, 5) is 67.4. The number of carbonyl (C=O) groups is 5. The molecule has 410 valence electrons. The number of aryl methyl sites for hydroxylation is 1. The van der Waals surface area contributed by atoms with E-state index in [9.17, 15) is 37.1 Å². The third-order valence-electron chi connectivity index (χ3n) is 12.2. The van der Waals surface area contributed by atoms with Crippen molar-refractivity contribution in [2.75, 3.05) is 19.6 Å². The number of ether oxygens (including phenoxy) is 3. The maximum atomic E-state index is 14.8. The van der Waals surface area contributed by atoms with Crippen molar-refractivity contribution < 1.29 is 51.4 Å². The van der Waals surface area contributed by atoms with Gasteiger partial charge in [0, 0.05) is 31.2 Å². The van der Waals surface area contributed by atoms with Crippen molar-refractivity contribution in [1.29, 1.82) is 0 Å². The zero-order chi connectivity index (χ0) is 55.0. The summed E-state index contributed by atoms with van der Waals surface area (Å²) in [6.45, 7) is 15.5. The maximum Gasteiger partial charge on any atom is 0.471 e. The predicted octanol–water partition coefficient (Wildman–Crippen LogP) is 9.49. The molecule has 6 N–H and O–H groups in total. The van der Waals surface area contributed by atoms with E-state index in [-0.39, 0.29) is 51.4 Å². The van der Waals surface area contributed by atoms with Gasteiger partial charge in [-0.05, 0) is 113 Å². The molecule has 75 heavy (non-hydrogen) atoms. The van der Waals surface area contributed by atoms with Crippen LogP contribution < -0.4 is 36.6 Å². The molecule has 0 heterocycles. The third-order valence-corrected chi connectivity index (χ3v) is 12.2. The molecule has 17 heteroatoms. The highest BCUT2D eigenvalue weighted by molar-refractivity contribution is 5.92. The van der Waals surface area contributed by atoms with Crippen LogP contribution in [-0.2, 0) is 48.3 Å². The molecule has 0 aliphatic rings. The molecule has 0 bridgehead atoms. The fraction of sp³-hybridized carbons (Fsp3) is 0.500. The van der Waals surface area contributed by atoms with Crippen LogP contribution in [0.4, 0.5) is 18.0 Å². The summed E-state index contributed by atoms with van der Waals surface area (Å²) >= 11 is 0. The van der Waals surface area contributed by atoms with E-state index in [1.54, 1.807) is 75.4 Å². The summed E-state index contributed by atoms with van der Waals surface area (Å²) in [5, 5.41) is 17.6. The van der Waals surface area contributed by atoms with Crippen molar-refractivity contribution in [2.24, 2.45) is 5.92 Å². The molecule has 0 aromatic heterocycles. The summed E-state index contributed by atoms with van der Waals surface area (Å²) in [6, 6.07) is 29.6. The second kappa shape index (κ2) is 30.2. The van der Waals surface area contributed by atoms with Gasteiger partial charge in [-0.25, -0.2) is 9.59 Å². The fourth-order valence-corrected chi connectivity index (χ4v) is 8.16. The van der Waals surface area contributed by atoms with Crippen molar-refractivity contribution in [2.45, 2.75) is 161 Å². The van der Waals surface area contributed by atoms with Crippen molar-refractivity contribution in [3.05, 3.63) is 137 Å². The lowest BCUT2D eigenvalue weighted by atomic mass is 9.91. The molecule has 0 aliphatic carbocycles. The quantitative estimate of drug-likeness (QED) is 0.0217. The summed E-state index contributed by atoms with van der Waals surface area (Å²) in [7, 11) is 0. The number of benzene rings is 4. The van der Waals surface area contributed by atoms with Gasteiger partial charge in [0.15, 0.2) is 0 Å². The molecule has 4 aromatic rings.